The molecule has 0 aliphatic heterocycles. The lowest BCUT2D eigenvalue weighted by Crippen LogP contribution is -2.52. The van der Waals surface area contributed by atoms with Crippen LogP contribution in [0.2, 0.25) is 18.1 Å². The topological polar surface area (TPSA) is 121 Å². The molecule has 1 aromatic heterocycles. The first-order valence-corrected chi connectivity index (χ1v) is 19.2. The van der Waals surface area contributed by atoms with Gasteiger partial charge in [0.15, 0.2) is 14.4 Å². The van der Waals surface area contributed by atoms with Crippen molar-refractivity contribution in [3.63, 3.8) is 0 Å². The maximum Gasteiger partial charge on any atom is 0.414 e. The normalized spacial score (nSPS) is 13.5. The van der Waals surface area contributed by atoms with E-state index in [0.717, 1.165) is 11.1 Å². The van der Waals surface area contributed by atoms with Crippen LogP contribution in [0.25, 0.3) is 11.1 Å². The molecule has 0 radical (unpaired) electrons. The number of nitrogens with zero attached hydrogens (tertiary/aromatic N) is 3. The minimum atomic E-state index is -2.45. The van der Waals surface area contributed by atoms with Crippen LogP contribution < -0.4 is 10.2 Å². The van der Waals surface area contributed by atoms with Crippen molar-refractivity contribution in [3.8, 4) is 11.1 Å². The van der Waals surface area contributed by atoms with E-state index >= 15 is 0 Å². The molecule has 1 unspecified atom stereocenters. The molecule has 0 aliphatic rings. The van der Waals surface area contributed by atoms with Gasteiger partial charge in [0, 0.05) is 30.5 Å². The number of alkyl carbamates (subject to hydrolysis) is 1. The molecule has 11 nitrogen and oxygen atoms in total. The molecular weight excluding hydrogens is 616 g/mol. The minimum absolute atomic E-state index is 0.0784. The average molecular weight is 675 g/mol. The number of aryl methyl sites for hydroxylation is 1. The molecule has 1 heterocycles. The second-order valence-electron chi connectivity index (χ2n) is 16.3. The molecule has 0 bridgehead atoms. The van der Waals surface area contributed by atoms with Gasteiger partial charge < -0.3 is 24.0 Å². The number of hydrogen-bond donors (Lipinski definition) is 1. The molecule has 0 fully saturated rings. The third-order valence-electron chi connectivity index (χ3n) is 7.25. The van der Waals surface area contributed by atoms with E-state index in [0.29, 0.717) is 25.2 Å². The maximum atomic E-state index is 13.6. The lowest BCUT2D eigenvalue weighted by Gasteiger charge is -2.40. The predicted molar refractivity (Wildman–Crippen MR) is 188 cm³/mol. The van der Waals surface area contributed by atoms with Crippen LogP contribution in [0.5, 0.6) is 0 Å². The minimum Gasteiger partial charge on any atom is -0.458 e. The summed E-state index contributed by atoms with van der Waals surface area (Å²) in [6.45, 7) is 27.7. The van der Waals surface area contributed by atoms with Crippen LogP contribution in [0.3, 0.4) is 0 Å². The van der Waals surface area contributed by atoms with Crippen molar-refractivity contribution in [1.82, 2.24) is 15.1 Å². The molecule has 0 saturated carbocycles. The first-order valence-electron chi connectivity index (χ1n) is 16.3. The van der Waals surface area contributed by atoms with Gasteiger partial charge in [-0.25, -0.2) is 14.4 Å². The van der Waals surface area contributed by atoms with Crippen LogP contribution in [0.15, 0.2) is 36.7 Å². The van der Waals surface area contributed by atoms with Gasteiger partial charge in [-0.05, 0) is 105 Å². The Hall–Kier alpha value is -3.38. The number of esters is 1. The van der Waals surface area contributed by atoms with Gasteiger partial charge in [0.25, 0.3) is 0 Å². The third-order valence-corrected chi connectivity index (χ3v) is 11.7. The number of ether oxygens (including phenoxy) is 3. The molecule has 1 aromatic carbocycles. The fourth-order valence-electron chi connectivity index (χ4n) is 4.04. The van der Waals surface area contributed by atoms with Crippen LogP contribution in [-0.4, -0.2) is 72.3 Å². The molecule has 0 saturated heterocycles. The summed E-state index contributed by atoms with van der Waals surface area (Å²) in [5.41, 5.74) is 0.317. The lowest BCUT2D eigenvalue weighted by atomic mass is 10.1. The van der Waals surface area contributed by atoms with Crippen molar-refractivity contribution in [2.75, 3.05) is 18.0 Å². The maximum absolute atomic E-state index is 13.6. The molecule has 1 N–H and O–H groups in total. The Morgan fingerprint density at radius 3 is 1.89 bits per heavy atom. The van der Waals surface area contributed by atoms with Gasteiger partial charge >= 0.3 is 18.2 Å². The number of carbonyl (C=O) groups is 3. The zero-order chi connectivity index (χ0) is 36.0. The van der Waals surface area contributed by atoms with E-state index in [9.17, 15) is 14.4 Å². The van der Waals surface area contributed by atoms with E-state index in [-0.39, 0.29) is 11.6 Å². The van der Waals surface area contributed by atoms with Crippen LogP contribution in [0.4, 0.5) is 15.3 Å². The van der Waals surface area contributed by atoms with E-state index < -0.39 is 49.4 Å². The van der Waals surface area contributed by atoms with E-state index in [1.807, 2.05) is 76.7 Å². The lowest BCUT2D eigenvalue weighted by molar-refractivity contribution is -0.163. The van der Waals surface area contributed by atoms with E-state index in [1.165, 1.54) is 4.90 Å². The molecule has 47 heavy (non-hydrogen) atoms. The summed E-state index contributed by atoms with van der Waals surface area (Å²) in [6, 6.07) is 7.43. The van der Waals surface area contributed by atoms with E-state index in [1.54, 1.807) is 27.0 Å². The van der Waals surface area contributed by atoms with Crippen LogP contribution in [-0.2, 0) is 30.0 Å². The number of aromatic nitrogens is 2. The standard InChI is InChI=1S/C35H58N4O7Si/c1-32(2,3)43-29(40)28(46-47(13,14)35(10,11)12)24-39(31(42)45-34(7,8)9)27-18-16-25(17-19-27)26-22-37-38(23-26)21-15-20-36-30(41)44-33(4,5)6/h16-19,22-23,28H,15,20-21,24H2,1-14H3,(H,36,41). The van der Waals surface area contributed by atoms with Crippen LogP contribution in [0, 0.1) is 0 Å². The summed E-state index contributed by atoms with van der Waals surface area (Å²) in [4.78, 5) is 40.5. The summed E-state index contributed by atoms with van der Waals surface area (Å²) in [5.74, 6) is -0.527. The second-order valence-corrected chi connectivity index (χ2v) is 21.1. The Balaban J connectivity index is 2.29. The largest absolute Gasteiger partial charge is 0.458 e. The van der Waals surface area contributed by atoms with Gasteiger partial charge in [0.2, 0.25) is 0 Å². The zero-order valence-corrected chi connectivity index (χ0v) is 32.1. The molecule has 0 aliphatic carbocycles. The predicted octanol–water partition coefficient (Wildman–Crippen LogP) is 7.94. The number of carbonyl (C=O) groups excluding carboxylic acids is 3. The number of anilines is 1. The Kier molecular flexibility index (Phi) is 12.9. The first kappa shape index (κ1) is 39.8. The highest BCUT2D eigenvalue weighted by Crippen LogP contribution is 2.38. The Labute approximate surface area is 282 Å². The number of amides is 2. The number of benzene rings is 1. The molecule has 2 rings (SSSR count). The van der Waals surface area contributed by atoms with Crippen LogP contribution >= 0.6 is 0 Å². The van der Waals surface area contributed by atoms with Crippen molar-refractivity contribution in [2.24, 2.45) is 0 Å². The Morgan fingerprint density at radius 1 is 0.830 bits per heavy atom. The van der Waals surface area contributed by atoms with Gasteiger partial charge in [-0.2, -0.15) is 5.10 Å². The number of hydrogen-bond acceptors (Lipinski definition) is 8. The molecular formula is C35H58N4O7Si. The first-order chi connectivity index (χ1) is 21.3. The average Bonchev–Trinajstić information content (AvgIpc) is 3.34. The summed E-state index contributed by atoms with van der Waals surface area (Å²) in [6.07, 6.45) is 2.33. The summed E-state index contributed by atoms with van der Waals surface area (Å²) < 4.78 is 25.2. The van der Waals surface area contributed by atoms with Gasteiger partial charge in [0.05, 0.1) is 12.7 Å². The van der Waals surface area contributed by atoms with Crippen LogP contribution in [0.1, 0.15) is 89.5 Å². The highest BCUT2D eigenvalue weighted by Gasteiger charge is 2.43. The molecule has 1 atom stereocenters. The zero-order valence-electron chi connectivity index (χ0n) is 31.1. The Morgan fingerprint density at radius 2 is 1.38 bits per heavy atom. The number of rotatable bonds is 11. The number of nitrogens with one attached hydrogen (secondary N) is 1. The van der Waals surface area contributed by atoms with Crippen molar-refractivity contribution >= 4 is 32.2 Å². The van der Waals surface area contributed by atoms with Crippen molar-refractivity contribution in [2.45, 2.75) is 137 Å². The SMILES string of the molecule is CC(C)(C)OC(=O)NCCCn1cc(-c2ccc(N(CC(O[Si](C)(C)C(C)(C)C)C(=O)OC(C)(C)C)C(=O)OC(C)(C)C)cc2)cn1. The van der Waals surface area contributed by atoms with Gasteiger partial charge in [-0.3, -0.25) is 9.58 Å². The molecule has 2 aromatic rings. The van der Waals surface area contributed by atoms with Gasteiger partial charge in [-0.1, -0.05) is 32.9 Å². The summed E-state index contributed by atoms with van der Waals surface area (Å²) in [7, 11) is -2.45. The quantitative estimate of drug-likeness (QED) is 0.110. The van der Waals surface area contributed by atoms with Crippen molar-refractivity contribution in [3.05, 3.63) is 36.7 Å². The van der Waals surface area contributed by atoms with Gasteiger partial charge in [0.1, 0.15) is 16.8 Å². The summed E-state index contributed by atoms with van der Waals surface area (Å²) in [5, 5.41) is 7.04. The monoisotopic (exact) mass is 674 g/mol. The molecule has 12 heteroatoms. The van der Waals surface area contributed by atoms with E-state index in [2.05, 4.69) is 44.3 Å². The summed E-state index contributed by atoms with van der Waals surface area (Å²) >= 11 is 0. The fourth-order valence-corrected chi connectivity index (χ4v) is 5.28. The molecule has 264 valence electrons. The van der Waals surface area contributed by atoms with Crippen molar-refractivity contribution in [1.29, 1.82) is 0 Å². The highest BCUT2D eigenvalue weighted by atomic mass is 28.4. The van der Waals surface area contributed by atoms with E-state index in [4.69, 9.17) is 18.6 Å². The Bertz CT molecular complexity index is 1340. The third kappa shape index (κ3) is 13.7. The molecule has 2 amide bonds. The van der Waals surface area contributed by atoms with Crippen molar-refractivity contribution < 1.29 is 33.0 Å². The van der Waals surface area contributed by atoms with Gasteiger partial charge in [-0.15, -0.1) is 0 Å². The highest BCUT2D eigenvalue weighted by molar-refractivity contribution is 6.74. The second kappa shape index (κ2) is 15.2. The fraction of sp³-hybridized carbons (Fsp3) is 0.657. The molecule has 0 spiro atoms. The smallest absolute Gasteiger partial charge is 0.414 e.